The predicted octanol–water partition coefficient (Wildman–Crippen LogP) is 5.01. The smallest absolute Gasteiger partial charge is 0.0683 e. The Bertz CT molecular complexity index is 537. The minimum atomic E-state index is 0.168. The highest BCUT2D eigenvalue weighted by Crippen LogP contribution is 2.33. The van der Waals surface area contributed by atoms with Gasteiger partial charge in [0.15, 0.2) is 0 Å². The first kappa shape index (κ1) is 14.6. The van der Waals surface area contributed by atoms with Crippen molar-refractivity contribution in [3.8, 4) is 0 Å². The van der Waals surface area contributed by atoms with Crippen molar-refractivity contribution in [3.05, 3.63) is 56.7 Å². The van der Waals surface area contributed by atoms with Crippen LogP contribution in [0.3, 0.4) is 0 Å². The molecule has 0 amide bonds. The SMILES string of the molecule is CNC(c1ccc(C(C)(C)C)cc1)c1sccc1Cl. The fraction of sp³-hybridized carbons (Fsp3) is 0.375. The topological polar surface area (TPSA) is 12.0 Å². The Balaban J connectivity index is 2.33. The zero-order valence-electron chi connectivity index (χ0n) is 11.8. The summed E-state index contributed by atoms with van der Waals surface area (Å²) in [5.41, 5.74) is 2.79. The zero-order chi connectivity index (χ0) is 14.0. The highest BCUT2D eigenvalue weighted by Gasteiger charge is 2.18. The lowest BCUT2D eigenvalue weighted by Crippen LogP contribution is -2.17. The van der Waals surface area contributed by atoms with Crippen LogP contribution in [0.4, 0.5) is 0 Å². The Hall–Kier alpha value is -0.830. The van der Waals surface area contributed by atoms with Crippen molar-refractivity contribution < 1.29 is 0 Å². The van der Waals surface area contributed by atoms with Gasteiger partial charge in [-0.2, -0.15) is 0 Å². The summed E-state index contributed by atoms with van der Waals surface area (Å²) in [6.45, 7) is 6.69. The molecule has 1 aromatic carbocycles. The third kappa shape index (κ3) is 3.19. The van der Waals surface area contributed by atoms with Crippen molar-refractivity contribution in [3.63, 3.8) is 0 Å². The maximum absolute atomic E-state index is 6.24. The number of halogens is 1. The van der Waals surface area contributed by atoms with Crippen molar-refractivity contribution in [1.29, 1.82) is 0 Å². The van der Waals surface area contributed by atoms with E-state index in [9.17, 15) is 0 Å². The molecule has 0 aliphatic carbocycles. The van der Waals surface area contributed by atoms with Crippen LogP contribution >= 0.6 is 22.9 Å². The highest BCUT2D eigenvalue weighted by molar-refractivity contribution is 7.10. The Kier molecular flexibility index (Phi) is 4.34. The molecule has 0 radical (unpaired) electrons. The second kappa shape index (κ2) is 5.66. The molecule has 2 aromatic rings. The van der Waals surface area contributed by atoms with Gasteiger partial charge in [-0.1, -0.05) is 56.6 Å². The van der Waals surface area contributed by atoms with Crippen LogP contribution in [0, 0.1) is 0 Å². The fourth-order valence-corrected chi connectivity index (χ4v) is 3.44. The van der Waals surface area contributed by atoms with E-state index in [0.717, 1.165) is 5.02 Å². The first-order valence-electron chi connectivity index (χ1n) is 6.44. The lowest BCUT2D eigenvalue weighted by molar-refractivity contribution is 0.589. The summed E-state index contributed by atoms with van der Waals surface area (Å²) < 4.78 is 0. The minimum Gasteiger partial charge on any atom is -0.309 e. The molecule has 0 saturated heterocycles. The summed E-state index contributed by atoms with van der Waals surface area (Å²) >= 11 is 7.93. The van der Waals surface area contributed by atoms with Crippen molar-refractivity contribution in [2.24, 2.45) is 0 Å². The molecule has 2 rings (SSSR count). The quantitative estimate of drug-likeness (QED) is 0.839. The molecule has 0 aliphatic rings. The molecule has 1 aromatic heterocycles. The fourth-order valence-electron chi connectivity index (χ4n) is 2.14. The van der Waals surface area contributed by atoms with Gasteiger partial charge < -0.3 is 5.32 Å². The molecule has 0 aliphatic heterocycles. The van der Waals surface area contributed by atoms with Gasteiger partial charge in [0.25, 0.3) is 0 Å². The molecule has 1 unspecified atom stereocenters. The molecule has 1 atom stereocenters. The molecular formula is C16H20ClNS. The van der Waals surface area contributed by atoms with Gasteiger partial charge in [0, 0.05) is 4.88 Å². The second-order valence-electron chi connectivity index (χ2n) is 5.73. The van der Waals surface area contributed by atoms with E-state index >= 15 is 0 Å². The van der Waals surface area contributed by atoms with Crippen LogP contribution in [0.2, 0.25) is 5.02 Å². The minimum absolute atomic E-state index is 0.168. The monoisotopic (exact) mass is 293 g/mol. The van der Waals surface area contributed by atoms with Gasteiger partial charge in [-0.25, -0.2) is 0 Å². The summed E-state index contributed by atoms with van der Waals surface area (Å²) in [5, 5.41) is 6.22. The van der Waals surface area contributed by atoms with Gasteiger partial charge in [-0.05, 0) is 35.0 Å². The van der Waals surface area contributed by atoms with E-state index < -0.39 is 0 Å². The van der Waals surface area contributed by atoms with Crippen molar-refractivity contribution >= 4 is 22.9 Å². The van der Waals surface area contributed by atoms with E-state index in [4.69, 9.17) is 11.6 Å². The Morgan fingerprint density at radius 3 is 2.16 bits per heavy atom. The average Bonchev–Trinajstić information content (AvgIpc) is 2.76. The highest BCUT2D eigenvalue weighted by atomic mass is 35.5. The molecule has 1 heterocycles. The first-order chi connectivity index (χ1) is 8.93. The average molecular weight is 294 g/mol. The van der Waals surface area contributed by atoms with Crippen LogP contribution in [-0.4, -0.2) is 7.05 Å². The summed E-state index contributed by atoms with van der Waals surface area (Å²) in [6, 6.07) is 10.9. The van der Waals surface area contributed by atoms with E-state index in [0.29, 0.717) is 0 Å². The maximum Gasteiger partial charge on any atom is 0.0683 e. The molecule has 0 fully saturated rings. The van der Waals surface area contributed by atoms with Crippen LogP contribution < -0.4 is 5.32 Å². The molecule has 0 saturated carbocycles. The summed E-state index contributed by atoms with van der Waals surface area (Å²) in [7, 11) is 1.97. The van der Waals surface area contributed by atoms with Gasteiger partial charge in [-0.15, -0.1) is 11.3 Å². The van der Waals surface area contributed by atoms with Gasteiger partial charge in [0.05, 0.1) is 11.1 Å². The van der Waals surface area contributed by atoms with E-state index in [1.54, 1.807) is 11.3 Å². The molecule has 0 bridgehead atoms. The second-order valence-corrected chi connectivity index (χ2v) is 7.08. The summed E-state index contributed by atoms with van der Waals surface area (Å²) in [6.07, 6.45) is 0. The Labute approximate surface area is 124 Å². The Morgan fingerprint density at radius 1 is 1.11 bits per heavy atom. The molecule has 1 nitrogen and oxygen atoms in total. The van der Waals surface area contributed by atoms with Crippen LogP contribution in [-0.2, 0) is 5.41 Å². The number of thiophene rings is 1. The number of hydrogen-bond acceptors (Lipinski definition) is 2. The molecule has 19 heavy (non-hydrogen) atoms. The molecule has 102 valence electrons. The third-order valence-electron chi connectivity index (χ3n) is 3.31. The third-order valence-corrected chi connectivity index (χ3v) is 4.73. The standard InChI is InChI=1S/C16H20ClNS/c1-16(2,3)12-7-5-11(6-8-12)14(18-4)15-13(17)9-10-19-15/h5-10,14,18H,1-4H3. The number of nitrogens with one attached hydrogen (secondary N) is 1. The zero-order valence-corrected chi connectivity index (χ0v) is 13.4. The van der Waals surface area contributed by atoms with Gasteiger partial charge in [0.2, 0.25) is 0 Å². The molecular weight excluding hydrogens is 274 g/mol. The number of benzene rings is 1. The summed E-state index contributed by atoms with van der Waals surface area (Å²) in [4.78, 5) is 1.17. The van der Waals surface area contributed by atoms with Crippen molar-refractivity contribution in [2.45, 2.75) is 32.2 Å². The normalized spacial score (nSPS) is 13.5. The van der Waals surface area contributed by atoms with E-state index in [2.05, 4.69) is 50.4 Å². The van der Waals surface area contributed by atoms with Crippen LogP contribution in [0.5, 0.6) is 0 Å². The van der Waals surface area contributed by atoms with Gasteiger partial charge in [0.1, 0.15) is 0 Å². The largest absolute Gasteiger partial charge is 0.309 e. The van der Waals surface area contributed by atoms with Gasteiger partial charge >= 0.3 is 0 Å². The lowest BCUT2D eigenvalue weighted by Gasteiger charge is -2.21. The van der Waals surface area contributed by atoms with Crippen molar-refractivity contribution in [2.75, 3.05) is 7.05 Å². The van der Waals surface area contributed by atoms with Crippen LogP contribution in [0.15, 0.2) is 35.7 Å². The predicted molar refractivity (Wildman–Crippen MR) is 85.4 cm³/mol. The van der Waals surface area contributed by atoms with Crippen LogP contribution in [0.1, 0.15) is 42.8 Å². The van der Waals surface area contributed by atoms with E-state index in [1.807, 2.05) is 18.5 Å². The molecule has 1 N–H and O–H groups in total. The lowest BCUT2D eigenvalue weighted by atomic mass is 9.86. The Morgan fingerprint density at radius 2 is 1.74 bits per heavy atom. The number of rotatable bonds is 3. The van der Waals surface area contributed by atoms with Gasteiger partial charge in [-0.3, -0.25) is 0 Å². The van der Waals surface area contributed by atoms with E-state index in [-0.39, 0.29) is 11.5 Å². The first-order valence-corrected chi connectivity index (χ1v) is 7.70. The summed E-state index contributed by atoms with van der Waals surface area (Å²) in [5.74, 6) is 0. The van der Waals surface area contributed by atoms with Crippen LogP contribution in [0.25, 0.3) is 0 Å². The molecule has 3 heteroatoms. The van der Waals surface area contributed by atoms with Crippen molar-refractivity contribution in [1.82, 2.24) is 5.32 Å². The molecule has 0 spiro atoms. The van der Waals surface area contributed by atoms with E-state index in [1.165, 1.54) is 16.0 Å². The number of hydrogen-bond donors (Lipinski definition) is 1. The maximum atomic E-state index is 6.24.